The third-order valence-corrected chi connectivity index (χ3v) is 5.28. The Labute approximate surface area is 178 Å². The summed E-state index contributed by atoms with van der Waals surface area (Å²) >= 11 is 12.2. The highest BCUT2D eigenvalue weighted by molar-refractivity contribution is 6.40. The van der Waals surface area contributed by atoms with Crippen LogP contribution in [-0.4, -0.2) is 33.9 Å². The highest BCUT2D eigenvalue weighted by atomic mass is 35.5. The van der Waals surface area contributed by atoms with Crippen LogP contribution >= 0.6 is 23.2 Å². The zero-order chi connectivity index (χ0) is 20.2. The fourth-order valence-corrected chi connectivity index (χ4v) is 3.75. The Kier molecular flexibility index (Phi) is 5.99. The molecule has 0 radical (unpaired) electrons. The number of nitrogens with one attached hydrogen (secondary N) is 2. The molecule has 2 aromatic heterocycles. The number of halogens is 2. The van der Waals surface area contributed by atoms with E-state index in [0.717, 1.165) is 31.7 Å². The van der Waals surface area contributed by atoms with Crippen LogP contribution in [0.3, 0.4) is 0 Å². The standard InChI is InChI=1S/C20H19Cl2N5O2/c21-16-2-1-3-17(22)19(16)20(28)26-13-4-7-23-18(10-13)25-14-11-24-27(12-14)15-5-8-29-9-6-15/h1-4,7,10-12,15H,5-6,8-9H2,(H2,23,25,26,28). The summed E-state index contributed by atoms with van der Waals surface area (Å²) < 4.78 is 7.35. The van der Waals surface area contributed by atoms with Crippen LogP contribution in [-0.2, 0) is 4.74 Å². The molecule has 0 saturated carbocycles. The van der Waals surface area contributed by atoms with Gasteiger partial charge in [-0.05, 0) is 31.0 Å². The van der Waals surface area contributed by atoms with Gasteiger partial charge in [-0.2, -0.15) is 5.10 Å². The SMILES string of the molecule is O=C(Nc1ccnc(Nc2cnn(C3CCOCC3)c2)c1)c1c(Cl)cccc1Cl. The second-order valence-electron chi connectivity index (χ2n) is 6.66. The molecule has 1 aromatic carbocycles. The maximum Gasteiger partial charge on any atom is 0.258 e. The minimum Gasteiger partial charge on any atom is -0.381 e. The zero-order valence-corrected chi connectivity index (χ0v) is 17.0. The normalized spacial score (nSPS) is 14.6. The molecule has 1 saturated heterocycles. The topological polar surface area (TPSA) is 81.1 Å². The molecule has 0 unspecified atom stereocenters. The summed E-state index contributed by atoms with van der Waals surface area (Å²) in [7, 11) is 0. The van der Waals surface area contributed by atoms with Gasteiger partial charge < -0.3 is 15.4 Å². The monoisotopic (exact) mass is 431 g/mol. The van der Waals surface area contributed by atoms with Crippen molar-refractivity contribution in [2.24, 2.45) is 0 Å². The number of aromatic nitrogens is 3. The smallest absolute Gasteiger partial charge is 0.258 e. The number of hydrogen-bond donors (Lipinski definition) is 2. The fourth-order valence-electron chi connectivity index (χ4n) is 3.18. The summed E-state index contributed by atoms with van der Waals surface area (Å²) in [5.74, 6) is 0.199. The molecule has 7 nitrogen and oxygen atoms in total. The number of rotatable bonds is 5. The van der Waals surface area contributed by atoms with Crippen molar-refractivity contribution in [1.29, 1.82) is 0 Å². The molecule has 0 atom stereocenters. The fraction of sp³-hybridized carbons (Fsp3) is 0.250. The van der Waals surface area contributed by atoms with Gasteiger partial charge >= 0.3 is 0 Å². The van der Waals surface area contributed by atoms with Crippen LogP contribution in [0.4, 0.5) is 17.2 Å². The minimum absolute atomic E-state index is 0.236. The maximum atomic E-state index is 12.6. The lowest BCUT2D eigenvalue weighted by Gasteiger charge is -2.22. The van der Waals surface area contributed by atoms with Gasteiger partial charge in [-0.15, -0.1) is 0 Å². The third-order valence-electron chi connectivity index (χ3n) is 4.65. The van der Waals surface area contributed by atoms with Gasteiger partial charge in [0.05, 0.1) is 33.5 Å². The summed E-state index contributed by atoms with van der Waals surface area (Å²) in [4.78, 5) is 16.9. The summed E-state index contributed by atoms with van der Waals surface area (Å²) in [6.07, 6.45) is 7.21. The van der Waals surface area contributed by atoms with Gasteiger partial charge in [0, 0.05) is 37.4 Å². The van der Waals surface area contributed by atoms with Crippen LogP contribution in [0.1, 0.15) is 29.2 Å². The van der Waals surface area contributed by atoms with E-state index < -0.39 is 0 Å². The van der Waals surface area contributed by atoms with Gasteiger partial charge in [0.2, 0.25) is 0 Å². The molecule has 1 aliphatic heterocycles. The van der Waals surface area contributed by atoms with E-state index in [1.165, 1.54) is 0 Å². The van der Waals surface area contributed by atoms with E-state index in [1.807, 2.05) is 10.9 Å². The Hall–Kier alpha value is -2.61. The number of benzene rings is 1. The highest BCUT2D eigenvalue weighted by Gasteiger charge is 2.17. The lowest BCUT2D eigenvalue weighted by molar-refractivity contribution is 0.0662. The molecular weight excluding hydrogens is 413 g/mol. The maximum absolute atomic E-state index is 12.6. The van der Waals surface area contributed by atoms with Crippen LogP contribution in [0.25, 0.3) is 0 Å². The number of ether oxygens (including phenoxy) is 1. The van der Waals surface area contributed by atoms with Gasteiger partial charge in [0.1, 0.15) is 5.82 Å². The Morgan fingerprint density at radius 3 is 2.66 bits per heavy atom. The van der Waals surface area contributed by atoms with E-state index in [9.17, 15) is 4.79 Å². The Balaban J connectivity index is 1.45. The van der Waals surface area contributed by atoms with Crippen LogP contribution in [0.15, 0.2) is 48.9 Å². The van der Waals surface area contributed by atoms with Crippen LogP contribution in [0.2, 0.25) is 10.0 Å². The molecule has 1 aliphatic rings. The predicted molar refractivity (Wildman–Crippen MR) is 113 cm³/mol. The first kappa shape index (κ1) is 19.7. The molecule has 4 rings (SSSR count). The minimum atomic E-state index is -0.384. The number of hydrogen-bond acceptors (Lipinski definition) is 5. The molecule has 9 heteroatoms. The Morgan fingerprint density at radius 2 is 1.90 bits per heavy atom. The molecule has 0 bridgehead atoms. The first-order valence-corrected chi connectivity index (χ1v) is 9.96. The largest absolute Gasteiger partial charge is 0.381 e. The molecule has 3 heterocycles. The first-order valence-electron chi connectivity index (χ1n) is 9.20. The van der Waals surface area contributed by atoms with Gasteiger partial charge in [-0.25, -0.2) is 4.98 Å². The predicted octanol–water partition coefficient (Wildman–Crippen LogP) is 4.93. The van der Waals surface area contributed by atoms with Crippen molar-refractivity contribution >= 4 is 46.3 Å². The van der Waals surface area contributed by atoms with Gasteiger partial charge in [-0.1, -0.05) is 29.3 Å². The van der Waals surface area contributed by atoms with Crippen molar-refractivity contribution in [2.75, 3.05) is 23.8 Å². The van der Waals surface area contributed by atoms with Crippen molar-refractivity contribution in [1.82, 2.24) is 14.8 Å². The van der Waals surface area contributed by atoms with E-state index in [1.54, 1.807) is 42.7 Å². The van der Waals surface area contributed by atoms with Crippen molar-refractivity contribution in [2.45, 2.75) is 18.9 Å². The summed E-state index contributed by atoms with van der Waals surface area (Å²) in [6, 6.07) is 8.71. The molecule has 3 aromatic rings. The molecule has 1 amide bonds. The summed E-state index contributed by atoms with van der Waals surface area (Å²) in [6.45, 7) is 1.51. The van der Waals surface area contributed by atoms with Crippen molar-refractivity contribution in [3.8, 4) is 0 Å². The molecule has 0 aliphatic carbocycles. The number of carbonyl (C=O) groups is 1. The molecule has 29 heavy (non-hydrogen) atoms. The third kappa shape index (κ3) is 4.70. The molecular formula is C20H19Cl2N5O2. The quantitative estimate of drug-likeness (QED) is 0.598. The number of nitrogens with zero attached hydrogens (tertiary/aromatic N) is 3. The lowest BCUT2D eigenvalue weighted by atomic mass is 10.1. The summed E-state index contributed by atoms with van der Waals surface area (Å²) in [5.41, 5.74) is 1.63. The lowest BCUT2D eigenvalue weighted by Crippen LogP contribution is -2.19. The van der Waals surface area contributed by atoms with E-state index in [0.29, 0.717) is 27.6 Å². The average molecular weight is 432 g/mol. The first-order chi connectivity index (χ1) is 14.1. The van der Waals surface area contributed by atoms with Crippen LogP contribution < -0.4 is 10.6 Å². The summed E-state index contributed by atoms with van der Waals surface area (Å²) in [5, 5.41) is 11.0. The molecule has 0 spiro atoms. The van der Waals surface area contributed by atoms with E-state index >= 15 is 0 Å². The average Bonchev–Trinajstić information content (AvgIpc) is 3.17. The number of amides is 1. The number of pyridine rings is 1. The van der Waals surface area contributed by atoms with Crippen molar-refractivity contribution in [3.05, 3.63) is 64.5 Å². The second kappa shape index (κ2) is 8.82. The van der Waals surface area contributed by atoms with Gasteiger partial charge in [-0.3, -0.25) is 9.48 Å². The molecule has 1 fully saturated rings. The number of anilines is 3. The van der Waals surface area contributed by atoms with Crippen LogP contribution in [0, 0.1) is 0 Å². The van der Waals surface area contributed by atoms with Crippen molar-refractivity contribution < 1.29 is 9.53 Å². The van der Waals surface area contributed by atoms with Crippen molar-refractivity contribution in [3.63, 3.8) is 0 Å². The number of carbonyl (C=O) groups excluding carboxylic acids is 1. The zero-order valence-electron chi connectivity index (χ0n) is 15.4. The van der Waals surface area contributed by atoms with E-state index in [4.69, 9.17) is 27.9 Å². The highest BCUT2D eigenvalue weighted by Crippen LogP contribution is 2.26. The van der Waals surface area contributed by atoms with E-state index in [-0.39, 0.29) is 11.5 Å². The van der Waals surface area contributed by atoms with E-state index in [2.05, 4.69) is 20.7 Å². The Bertz CT molecular complexity index is 997. The molecule has 150 valence electrons. The molecule has 2 N–H and O–H groups in total. The van der Waals surface area contributed by atoms with Gasteiger partial charge in [0.25, 0.3) is 5.91 Å². The van der Waals surface area contributed by atoms with Gasteiger partial charge in [0.15, 0.2) is 0 Å². The Morgan fingerprint density at radius 1 is 1.14 bits per heavy atom. The second-order valence-corrected chi connectivity index (χ2v) is 7.47. The van der Waals surface area contributed by atoms with Crippen LogP contribution in [0.5, 0.6) is 0 Å².